The summed E-state index contributed by atoms with van der Waals surface area (Å²) >= 11 is 0. The van der Waals surface area contributed by atoms with Gasteiger partial charge in [-0.3, -0.25) is 4.57 Å². The van der Waals surface area contributed by atoms with Crippen LogP contribution in [-0.4, -0.2) is 41.8 Å². The number of aromatic nitrogens is 4. The number of fused-ring (bicyclic) bond motifs is 1. The molecule has 0 aliphatic rings. The van der Waals surface area contributed by atoms with Crippen molar-refractivity contribution < 1.29 is 19.1 Å². The van der Waals surface area contributed by atoms with Crippen LogP contribution in [0.4, 0.5) is 5.82 Å². The molecule has 2 rings (SSSR count). The number of anilines is 1. The van der Waals surface area contributed by atoms with Crippen molar-refractivity contribution in [2.45, 2.75) is 19.6 Å². The maximum absolute atomic E-state index is 10.7. The monoisotopic (exact) mass is 292 g/mol. The molecule has 9 nitrogen and oxygen atoms in total. The first kappa shape index (κ1) is 13.9. The zero-order valence-corrected chi connectivity index (χ0v) is 11.1. The summed E-state index contributed by atoms with van der Waals surface area (Å²) in [6.45, 7) is 2.05. The highest BCUT2D eigenvalue weighted by atomic mass is 31.2. The fourth-order valence-electron chi connectivity index (χ4n) is 1.59. The Morgan fingerprint density at radius 2 is 2.21 bits per heavy atom. The minimum absolute atomic E-state index is 0.285. The second kappa shape index (κ2) is 5.22. The van der Waals surface area contributed by atoms with Crippen molar-refractivity contribution >= 4 is 24.6 Å². The largest absolute Gasteiger partial charge is 0.382 e. The average molecular weight is 292 g/mol. The van der Waals surface area contributed by atoms with Gasteiger partial charge in [-0.1, -0.05) is 0 Å². The highest BCUT2D eigenvalue weighted by Crippen LogP contribution is 2.34. The standard InChI is InChI=1S/C9H14N5O4P/c1-6(18-5-19(15,16)17)2-14-4-13-7-8(10)11-3-12-9(7)14/h3-4,6H,2,5H2,1H3,(H2,10,11,12)(H2,15,16,17)/i3+1,4+1,7+1,8+1,9+1. The predicted octanol–water partition coefficient (Wildman–Crippen LogP) is -0.0512. The average Bonchev–Trinajstić information content (AvgIpc) is 2.71. The molecule has 104 valence electrons. The van der Waals surface area contributed by atoms with Gasteiger partial charge < -0.3 is 24.8 Å². The Morgan fingerprint density at radius 3 is 2.89 bits per heavy atom. The molecule has 0 radical (unpaired) electrons. The van der Waals surface area contributed by atoms with Gasteiger partial charge in [0.2, 0.25) is 0 Å². The van der Waals surface area contributed by atoms with Crippen LogP contribution in [0.1, 0.15) is 6.92 Å². The molecule has 2 heterocycles. The molecule has 0 aliphatic carbocycles. The lowest BCUT2D eigenvalue weighted by molar-refractivity contribution is 0.0764. The van der Waals surface area contributed by atoms with E-state index in [0.717, 1.165) is 0 Å². The van der Waals surface area contributed by atoms with Crippen molar-refractivity contribution in [1.82, 2.24) is 19.5 Å². The van der Waals surface area contributed by atoms with Gasteiger partial charge in [0.05, 0.1) is 19.0 Å². The first-order valence-corrected chi connectivity index (χ1v) is 7.24. The van der Waals surface area contributed by atoms with Crippen molar-refractivity contribution in [1.29, 1.82) is 0 Å². The van der Waals surface area contributed by atoms with Crippen LogP contribution in [0.15, 0.2) is 12.7 Å². The minimum Gasteiger partial charge on any atom is -0.382 e. The molecule has 0 aromatic carbocycles. The van der Waals surface area contributed by atoms with Crippen molar-refractivity contribution in [3.63, 3.8) is 0 Å². The summed E-state index contributed by atoms with van der Waals surface area (Å²) in [6, 6.07) is 0. The van der Waals surface area contributed by atoms with Crippen LogP contribution < -0.4 is 5.73 Å². The SMILES string of the molecule is CC(Cn1[13cH]n[13c]2[13c](N)n[13cH]n[13c]21)OCP(=O)(O)O. The van der Waals surface area contributed by atoms with Crippen LogP contribution >= 0.6 is 7.60 Å². The predicted molar refractivity (Wildman–Crippen MR) is 67.2 cm³/mol. The Morgan fingerprint density at radius 1 is 1.47 bits per heavy atom. The molecular formula is C9H14N5O4P. The highest BCUT2D eigenvalue weighted by molar-refractivity contribution is 7.51. The van der Waals surface area contributed by atoms with E-state index in [0.29, 0.717) is 17.7 Å². The molecule has 0 bridgehead atoms. The molecule has 0 fully saturated rings. The number of hydrogen-bond acceptors (Lipinski definition) is 6. The van der Waals surface area contributed by atoms with E-state index in [-0.39, 0.29) is 5.82 Å². The molecule has 19 heavy (non-hydrogen) atoms. The van der Waals surface area contributed by atoms with Crippen molar-refractivity contribution in [3.8, 4) is 0 Å². The minimum atomic E-state index is -4.16. The number of hydrogen-bond donors (Lipinski definition) is 3. The van der Waals surface area contributed by atoms with Gasteiger partial charge in [0.1, 0.15) is 18.2 Å². The first-order valence-electron chi connectivity index (χ1n) is 5.44. The van der Waals surface area contributed by atoms with Crippen LogP contribution in [0.3, 0.4) is 0 Å². The summed E-state index contributed by atoms with van der Waals surface area (Å²) in [7, 11) is -4.16. The molecule has 0 aliphatic heterocycles. The lowest BCUT2D eigenvalue weighted by Gasteiger charge is -2.14. The molecule has 2 aromatic rings. The zero-order valence-electron chi connectivity index (χ0n) is 10.2. The van der Waals surface area contributed by atoms with Gasteiger partial charge in [-0.2, -0.15) is 0 Å². The summed E-state index contributed by atoms with van der Waals surface area (Å²) < 4.78 is 17.5. The Labute approximate surface area is 108 Å². The molecular weight excluding hydrogens is 278 g/mol. The van der Waals surface area contributed by atoms with E-state index in [4.69, 9.17) is 20.3 Å². The van der Waals surface area contributed by atoms with Crippen LogP contribution in [0.5, 0.6) is 0 Å². The van der Waals surface area contributed by atoms with Gasteiger partial charge in [-0.15, -0.1) is 0 Å². The van der Waals surface area contributed by atoms with Crippen LogP contribution in [0.2, 0.25) is 0 Å². The molecule has 0 saturated carbocycles. The number of imidazole rings is 1. The number of ether oxygens (including phenoxy) is 1. The van der Waals surface area contributed by atoms with Crippen molar-refractivity contribution in [2.24, 2.45) is 0 Å². The fourth-order valence-corrected chi connectivity index (χ4v) is 2.04. The number of nitrogens with zero attached hydrogens (tertiary/aromatic N) is 4. The zero-order chi connectivity index (χ0) is 14.0. The molecule has 4 N–H and O–H groups in total. The topological polar surface area (TPSA) is 136 Å². The Bertz CT molecular complexity index is 624. The van der Waals surface area contributed by atoms with E-state index < -0.39 is 20.0 Å². The third-order valence-corrected chi connectivity index (χ3v) is 2.90. The third kappa shape index (κ3) is 3.48. The lowest BCUT2D eigenvalue weighted by Crippen LogP contribution is -2.17. The first-order chi connectivity index (χ1) is 8.87. The van der Waals surface area contributed by atoms with Crippen molar-refractivity contribution in [2.75, 3.05) is 12.1 Å². The molecule has 0 saturated heterocycles. The molecule has 0 spiro atoms. The van der Waals surface area contributed by atoms with E-state index in [1.54, 1.807) is 11.5 Å². The Balaban J connectivity index is 2.09. The summed E-state index contributed by atoms with van der Waals surface area (Å²) in [5.41, 5.74) is 6.70. The van der Waals surface area contributed by atoms with Gasteiger partial charge in [0, 0.05) is 0 Å². The summed E-state index contributed by atoms with van der Waals surface area (Å²) in [4.78, 5) is 29.4. The maximum Gasteiger partial charge on any atom is 0.350 e. The van der Waals surface area contributed by atoms with E-state index in [1.807, 2.05) is 0 Å². The van der Waals surface area contributed by atoms with Gasteiger partial charge in [0.15, 0.2) is 11.5 Å². The Kier molecular flexibility index (Phi) is 3.81. The molecule has 1 atom stereocenters. The van der Waals surface area contributed by atoms with Gasteiger partial charge in [-0.05, 0) is 6.92 Å². The van der Waals surface area contributed by atoms with E-state index in [9.17, 15) is 4.57 Å². The Hall–Kier alpha value is -1.54. The fraction of sp³-hybridized carbons (Fsp3) is 0.444. The maximum atomic E-state index is 10.7. The van der Waals surface area contributed by atoms with Crippen LogP contribution in [0.25, 0.3) is 11.2 Å². The quantitative estimate of drug-likeness (QED) is 0.652. The number of rotatable bonds is 5. The smallest absolute Gasteiger partial charge is 0.350 e. The normalized spacial score (nSPS) is 13.8. The number of nitrogens with two attached hydrogens (primary N) is 1. The van der Waals surface area contributed by atoms with Gasteiger partial charge in [0.25, 0.3) is 0 Å². The third-order valence-electron chi connectivity index (χ3n) is 2.41. The molecule has 0 amide bonds. The summed E-state index contributed by atoms with van der Waals surface area (Å²) in [5, 5.41) is 0. The second-order valence-electron chi connectivity index (χ2n) is 4.10. The molecule has 2 aromatic heterocycles. The van der Waals surface area contributed by atoms with Crippen molar-refractivity contribution in [3.05, 3.63) is 12.7 Å². The lowest BCUT2D eigenvalue weighted by atomic mass is 10.4. The van der Waals surface area contributed by atoms with Crippen LogP contribution in [0, 0.1) is 0 Å². The van der Waals surface area contributed by atoms with E-state index >= 15 is 0 Å². The molecule has 10 heteroatoms. The van der Waals surface area contributed by atoms with Gasteiger partial charge in [-0.25, -0.2) is 15.0 Å². The van der Waals surface area contributed by atoms with E-state index in [2.05, 4.69) is 15.0 Å². The summed E-state index contributed by atoms with van der Waals surface area (Å²) in [5.74, 6) is 0.285. The summed E-state index contributed by atoms with van der Waals surface area (Å²) in [6.07, 6.45) is 1.85. The second-order valence-corrected chi connectivity index (χ2v) is 5.69. The van der Waals surface area contributed by atoms with Crippen LogP contribution in [-0.2, 0) is 15.8 Å². The van der Waals surface area contributed by atoms with E-state index in [1.165, 1.54) is 12.7 Å². The number of nitrogen functional groups attached to an aromatic ring is 1. The van der Waals surface area contributed by atoms with Gasteiger partial charge >= 0.3 is 7.60 Å². The molecule has 1 unspecified atom stereocenters. The highest BCUT2D eigenvalue weighted by Gasteiger charge is 2.16.